The number of rotatable bonds is 46. The highest BCUT2D eigenvalue weighted by molar-refractivity contribution is 5.76. The van der Waals surface area contributed by atoms with Crippen LogP contribution in [0, 0.1) is 0 Å². The maximum absolute atomic E-state index is 13.3. The van der Waals surface area contributed by atoms with Crippen molar-refractivity contribution < 1.29 is 89.4 Å². The number of carbonyl (C=O) groups is 1. The Balaban J connectivity index is 1.49. The van der Waals surface area contributed by atoms with Gasteiger partial charge in [-0.3, -0.25) is 4.79 Å². The number of aliphatic hydroxyl groups is 11. The molecule has 0 saturated carbocycles. The Morgan fingerprint density at radius 3 is 1.36 bits per heavy atom. The van der Waals surface area contributed by atoms with Crippen molar-refractivity contribution in [1.82, 2.24) is 5.32 Å². The zero-order valence-electron chi connectivity index (χ0n) is 49.3. The molecule has 3 saturated heterocycles. The van der Waals surface area contributed by atoms with Gasteiger partial charge in [0.1, 0.15) is 73.2 Å². The van der Waals surface area contributed by atoms with Gasteiger partial charge in [0, 0.05) is 6.42 Å². The number of nitrogens with one attached hydrogen (secondary N) is 1. The Morgan fingerprint density at radius 1 is 0.444 bits per heavy atom. The van der Waals surface area contributed by atoms with Gasteiger partial charge >= 0.3 is 0 Å². The van der Waals surface area contributed by atoms with Crippen LogP contribution in [0.4, 0.5) is 0 Å². The summed E-state index contributed by atoms with van der Waals surface area (Å²) >= 11 is 0. The normalized spacial score (nSPS) is 30.1. The Morgan fingerprint density at radius 2 is 0.852 bits per heavy atom. The minimum absolute atomic E-state index is 0.218. The lowest BCUT2D eigenvalue weighted by Crippen LogP contribution is -2.66. The smallest absolute Gasteiger partial charge is 0.220 e. The monoisotopic (exact) mass is 1160 g/mol. The van der Waals surface area contributed by atoms with Crippen LogP contribution >= 0.6 is 0 Å². The van der Waals surface area contributed by atoms with Crippen LogP contribution < -0.4 is 5.32 Å². The van der Waals surface area contributed by atoms with Gasteiger partial charge in [-0.1, -0.05) is 191 Å². The Bertz CT molecular complexity index is 1670. The van der Waals surface area contributed by atoms with E-state index in [1.165, 1.54) is 103 Å². The number of ether oxygens (including phenoxy) is 6. The molecule has 3 aliphatic rings. The molecule has 0 radical (unpaired) electrons. The molecule has 17 atom stereocenters. The molecule has 0 aliphatic carbocycles. The summed E-state index contributed by atoms with van der Waals surface area (Å²) in [6, 6.07) is -0.997. The Kier molecular flexibility index (Phi) is 40.7. The summed E-state index contributed by atoms with van der Waals surface area (Å²) in [7, 11) is 0. The number of hydrogen-bond donors (Lipinski definition) is 12. The molecule has 3 aliphatic heterocycles. The van der Waals surface area contributed by atoms with Crippen LogP contribution in [0.25, 0.3) is 0 Å². The zero-order chi connectivity index (χ0) is 59.0. The third-order valence-electron chi connectivity index (χ3n) is 15.6. The molecular weight excluding hydrogens is 1050 g/mol. The molecule has 19 heteroatoms. The molecule has 0 spiro atoms. The van der Waals surface area contributed by atoms with Crippen LogP contribution in [0.5, 0.6) is 0 Å². The third kappa shape index (κ3) is 28.7. The van der Waals surface area contributed by atoms with E-state index in [9.17, 15) is 61.0 Å². The Hall–Kier alpha value is -2.25. The van der Waals surface area contributed by atoms with Crippen LogP contribution in [0.1, 0.15) is 206 Å². The van der Waals surface area contributed by atoms with E-state index in [0.717, 1.165) is 70.6 Å². The minimum Gasteiger partial charge on any atom is -0.394 e. The predicted octanol–water partition coefficient (Wildman–Crippen LogP) is 6.26. The topological polar surface area (TPSA) is 307 Å². The maximum Gasteiger partial charge on any atom is 0.220 e. The van der Waals surface area contributed by atoms with E-state index < -0.39 is 124 Å². The lowest BCUT2D eigenvalue weighted by molar-refractivity contribution is -0.379. The summed E-state index contributed by atoms with van der Waals surface area (Å²) < 4.78 is 34.2. The van der Waals surface area contributed by atoms with E-state index in [1.807, 2.05) is 6.08 Å². The molecular formula is C62H111NO18. The van der Waals surface area contributed by atoms with E-state index in [1.54, 1.807) is 6.08 Å². The quantitative estimate of drug-likeness (QED) is 0.0236. The highest BCUT2D eigenvalue weighted by Gasteiger charge is 2.53. The van der Waals surface area contributed by atoms with Crippen molar-refractivity contribution in [2.45, 2.75) is 311 Å². The van der Waals surface area contributed by atoms with Crippen LogP contribution in [-0.4, -0.2) is 193 Å². The third-order valence-corrected chi connectivity index (χ3v) is 15.6. The summed E-state index contributed by atoms with van der Waals surface area (Å²) in [6.07, 6.45) is 23.9. The first kappa shape index (κ1) is 73.0. The molecule has 3 heterocycles. The van der Waals surface area contributed by atoms with Crippen molar-refractivity contribution in [1.29, 1.82) is 0 Å². The number of aliphatic hydroxyl groups excluding tert-OH is 11. The fraction of sp³-hybridized carbons (Fsp3) is 0.855. The number of hydrogen-bond acceptors (Lipinski definition) is 18. The van der Waals surface area contributed by atoms with Crippen molar-refractivity contribution in [3.05, 3.63) is 48.6 Å². The second-order valence-electron chi connectivity index (χ2n) is 22.5. The van der Waals surface area contributed by atoms with Crippen LogP contribution in [-0.2, 0) is 33.2 Å². The SMILES string of the molecule is CCC/C=C\C/C=C\CCCCCCCC(=O)NC(COC1OC(CO)C(OC2OC(CO)C(OC3OC(CO)C(O)C(O)C3O)C(O)C2O)C(O)C1O)C(O)/C=C/CC/C=C/CCCCCCCCCCCCCCCCCCC. The van der Waals surface area contributed by atoms with Gasteiger partial charge in [-0.15, -0.1) is 0 Å². The molecule has 17 unspecified atom stereocenters. The number of allylic oxidation sites excluding steroid dienone is 7. The molecule has 0 aromatic rings. The standard InChI is InChI=1S/C62H111NO18/c1-3-5-7-9-11-13-15-17-18-19-20-21-22-23-24-25-26-28-29-31-33-35-37-39-46(67)45(63-50(68)40-38-36-34-32-30-27-16-14-12-10-8-6-4-2)44-76-60-56(74)53(71)58(48(42-65)78-60)81-62-57(75)54(72)59(49(43-66)79-62)80-61-55(73)52(70)51(69)47(41-64)77-61/h8,10,14,16,29,31,37,39,45-49,51-62,64-67,69-75H,3-7,9,11-13,15,17-28,30,32-36,38,40-44H2,1-2H3,(H,63,68)/b10-8-,16-14-,31-29+,39-37+. The van der Waals surface area contributed by atoms with E-state index >= 15 is 0 Å². The van der Waals surface area contributed by atoms with Gasteiger partial charge in [-0.25, -0.2) is 0 Å². The largest absolute Gasteiger partial charge is 0.394 e. The van der Waals surface area contributed by atoms with Crippen LogP contribution in [0.15, 0.2) is 48.6 Å². The summed E-state index contributed by atoms with van der Waals surface area (Å²) in [5.74, 6) is -0.301. The van der Waals surface area contributed by atoms with Crippen LogP contribution in [0.2, 0.25) is 0 Å². The number of amides is 1. The molecule has 12 N–H and O–H groups in total. The van der Waals surface area contributed by atoms with Crippen molar-refractivity contribution in [3.63, 3.8) is 0 Å². The van der Waals surface area contributed by atoms with Crippen molar-refractivity contribution in [2.24, 2.45) is 0 Å². The van der Waals surface area contributed by atoms with Gasteiger partial charge < -0.3 is 89.9 Å². The first-order valence-electron chi connectivity index (χ1n) is 31.4. The number of unbranched alkanes of at least 4 members (excludes halogenated alkanes) is 24. The fourth-order valence-corrected chi connectivity index (χ4v) is 10.4. The van der Waals surface area contributed by atoms with E-state index in [4.69, 9.17) is 28.4 Å². The highest BCUT2D eigenvalue weighted by Crippen LogP contribution is 2.33. The van der Waals surface area contributed by atoms with Crippen molar-refractivity contribution in [2.75, 3.05) is 26.4 Å². The predicted molar refractivity (Wildman–Crippen MR) is 309 cm³/mol. The van der Waals surface area contributed by atoms with Gasteiger partial charge in [-0.2, -0.15) is 0 Å². The van der Waals surface area contributed by atoms with Gasteiger partial charge in [0.2, 0.25) is 5.91 Å². The summed E-state index contributed by atoms with van der Waals surface area (Å²) in [5, 5.41) is 120. The van der Waals surface area contributed by atoms with E-state index in [0.29, 0.717) is 12.8 Å². The molecule has 472 valence electrons. The second-order valence-corrected chi connectivity index (χ2v) is 22.5. The molecule has 0 bridgehead atoms. The van der Waals surface area contributed by atoms with Gasteiger partial charge in [0.05, 0.1) is 38.6 Å². The van der Waals surface area contributed by atoms with Crippen molar-refractivity contribution in [3.8, 4) is 0 Å². The van der Waals surface area contributed by atoms with Crippen molar-refractivity contribution >= 4 is 5.91 Å². The van der Waals surface area contributed by atoms with Crippen LogP contribution in [0.3, 0.4) is 0 Å². The number of carbonyl (C=O) groups excluding carboxylic acids is 1. The van der Waals surface area contributed by atoms with Gasteiger partial charge in [-0.05, 0) is 57.8 Å². The lowest BCUT2D eigenvalue weighted by atomic mass is 9.96. The molecule has 81 heavy (non-hydrogen) atoms. The van der Waals surface area contributed by atoms with E-state index in [2.05, 4.69) is 55.6 Å². The van der Waals surface area contributed by atoms with Gasteiger partial charge in [0.25, 0.3) is 0 Å². The summed E-state index contributed by atoms with van der Waals surface area (Å²) in [4.78, 5) is 13.3. The first-order chi connectivity index (χ1) is 39.3. The average molecular weight is 1160 g/mol. The Labute approximate surface area is 484 Å². The highest BCUT2D eigenvalue weighted by atomic mass is 16.8. The molecule has 0 aromatic carbocycles. The minimum atomic E-state index is -1.98. The molecule has 1 amide bonds. The molecule has 19 nitrogen and oxygen atoms in total. The molecule has 0 aromatic heterocycles. The lowest BCUT2D eigenvalue weighted by Gasteiger charge is -2.48. The average Bonchev–Trinajstić information content (AvgIpc) is 3.51. The van der Waals surface area contributed by atoms with E-state index in [-0.39, 0.29) is 18.9 Å². The zero-order valence-corrected chi connectivity index (χ0v) is 49.3. The molecule has 3 rings (SSSR count). The summed E-state index contributed by atoms with van der Waals surface area (Å²) in [6.45, 7) is 1.62. The molecule has 3 fully saturated rings. The second kappa shape index (κ2) is 45.1. The first-order valence-corrected chi connectivity index (χ1v) is 31.4. The maximum atomic E-state index is 13.3. The fourth-order valence-electron chi connectivity index (χ4n) is 10.4. The van der Waals surface area contributed by atoms with Gasteiger partial charge in [0.15, 0.2) is 18.9 Å². The summed E-state index contributed by atoms with van der Waals surface area (Å²) in [5.41, 5.74) is 0.